The Kier molecular flexibility index (Phi) is 4.52. The van der Waals surface area contributed by atoms with Crippen LogP contribution in [0.25, 0.3) is 10.2 Å². The Balaban J connectivity index is 1.66. The molecule has 0 radical (unpaired) electrons. The van der Waals surface area contributed by atoms with E-state index in [1.807, 2.05) is 0 Å². The lowest BCUT2D eigenvalue weighted by molar-refractivity contribution is 0.0960. The largest absolute Gasteiger partial charge is 0.376 e. The van der Waals surface area contributed by atoms with E-state index in [2.05, 4.69) is 15.3 Å². The maximum absolute atomic E-state index is 12.9. The SMILES string of the molecule is Cc1c(C(=O)Nc2ccccn2)sc2ncn(C[C@@H]3CCCO3)c(=O)c12. The fourth-order valence-corrected chi connectivity index (χ4v) is 4.16. The molecule has 26 heavy (non-hydrogen) atoms. The zero-order valence-corrected chi connectivity index (χ0v) is 15.1. The van der Waals surface area contributed by atoms with Gasteiger partial charge in [-0.3, -0.25) is 14.2 Å². The van der Waals surface area contributed by atoms with Gasteiger partial charge >= 0.3 is 0 Å². The van der Waals surface area contributed by atoms with E-state index < -0.39 is 0 Å². The van der Waals surface area contributed by atoms with Crippen LogP contribution < -0.4 is 10.9 Å². The number of carbonyl (C=O) groups excluding carboxylic acids is 1. The maximum atomic E-state index is 12.9. The Morgan fingerprint density at radius 2 is 2.31 bits per heavy atom. The van der Waals surface area contributed by atoms with Crippen LogP contribution in [0.2, 0.25) is 0 Å². The first-order valence-corrected chi connectivity index (χ1v) is 9.27. The number of nitrogens with one attached hydrogen (secondary N) is 1. The van der Waals surface area contributed by atoms with E-state index in [0.29, 0.717) is 33.0 Å². The number of anilines is 1. The molecule has 1 amide bonds. The molecule has 8 heteroatoms. The molecule has 1 atom stereocenters. The van der Waals surface area contributed by atoms with Gasteiger partial charge in [0.2, 0.25) is 0 Å². The summed E-state index contributed by atoms with van der Waals surface area (Å²) in [6.45, 7) is 3.02. The lowest BCUT2D eigenvalue weighted by Gasteiger charge is -2.11. The van der Waals surface area contributed by atoms with Crippen LogP contribution in [0.1, 0.15) is 28.1 Å². The van der Waals surface area contributed by atoms with Crippen LogP contribution in [-0.4, -0.2) is 33.2 Å². The lowest BCUT2D eigenvalue weighted by Crippen LogP contribution is -2.26. The van der Waals surface area contributed by atoms with Gasteiger partial charge in [-0.25, -0.2) is 9.97 Å². The molecule has 1 fully saturated rings. The first-order valence-electron chi connectivity index (χ1n) is 8.46. The van der Waals surface area contributed by atoms with Crippen molar-refractivity contribution < 1.29 is 9.53 Å². The highest BCUT2D eigenvalue weighted by Crippen LogP contribution is 2.27. The van der Waals surface area contributed by atoms with Crippen molar-refractivity contribution in [1.82, 2.24) is 14.5 Å². The molecule has 0 bridgehead atoms. The van der Waals surface area contributed by atoms with Crippen molar-refractivity contribution >= 4 is 33.3 Å². The van der Waals surface area contributed by atoms with Crippen molar-refractivity contribution in [3.05, 3.63) is 51.5 Å². The topological polar surface area (TPSA) is 86.1 Å². The van der Waals surface area contributed by atoms with E-state index in [1.54, 1.807) is 42.2 Å². The van der Waals surface area contributed by atoms with E-state index in [1.165, 1.54) is 11.3 Å². The van der Waals surface area contributed by atoms with Crippen molar-refractivity contribution in [2.45, 2.75) is 32.4 Å². The van der Waals surface area contributed by atoms with Gasteiger partial charge in [-0.1, -0.05) is 6.07 Å². The molecule has 134 valence electrons. The van der Waals surface area contributed by atoms with Gasteiger partial charge in [0.15, 0.2) is 0 Å². The highest BCUT2D eigenvalue weighted by molar-refractivity contribution is 7.20. The van der Waals surface area contributed by atoms with E-state index in [0.717, 1.165) is 19.4 Å². The number of hydrogen-bond donors (Lipinski definition) is 1. The van der Waals surface area contributed by atoms with Gasteiger partial charge in [0, 0.05) is 12.8 Å². The van der Waals surface area contributed by atoms with Gasteiger partial charge in [-0.15, -0.1) is 11.3 Å². The summed E-state index contributed by atoms with van der Waals surface area (Å²) in [7, 11) is 0. The number of carbonyl (C=O) groups is 1. The maximum Gasteiger partial charge on any atom is 0.267 e. The number of hydrogen-bond acceptors (Lipinski definition) is 6. The normalized spacial score (nSPS) is 16.9. The monoisotopic (exact) mass is 370 g/mol. The lowest BCUT2D eigenvalue weighted by atomic mass is 10.2. The Bertz CT molecular complexity index is 1010. The molecule has 3 aromatic rings. The number of nitrogens with zero attached hydrogens (tertiary/aromatic N) is 3. The second-order valence-corrected chi connectivity index (χ2v) is 7.24. The molecule has 1 saturated heterocycles. The summed E-state index contributed by atoms with van der Waals surface area (Å²) in [6, 6.07) is 5.29. The van der Waals surface area contributed by atoms with Crippen LogP contribution in [0.3, 0.4) is 0 Å². The van der Waals surface area contributed by atoms with Crippen LogP contribution in [0, 0.1) is 6.92 Å². The second kappa shape index (κ2) is 6.97. The van der Waals surface area contributed by atoms with Crippen molar-refractivity contribution in [3.8, 4) is 0 Å². The summed E-state index contributed by atoms with van der Waals surface area (Å²) in [4.78, 5) is 35.0. The summed E-state index contributed by atoms with van der Waals surface area (Å²) < 4.78 is 7.19. The summed E-state index contributed by atoms with van der Waals surface area (Å²) in [5, 5.41) is 3.26. The van der Waals surface area contributed by atoms with Crippen LogP contribution >= 0.6 is 11.3 Å². The molecule has 0 aromatic carbocycles. The number of fused-ring (bicyclic) bond motifs is 1. The third-order valence-corrected chi connectivity index (χ3v) is 5.65. The smallest absolute Gasteiger partial charge is 0.267 e. The van der Waals surface area contributed by atoms with Crippen LogP contribution in [0.15, 0.2) is 35.5 Å². The number of ether oxygens (including phenoxy) is 1. The summed E-state index contributed by atoms with van der Waals surface area (Å²) in [5.41, 5.74) is 0.522. The fraction of sp³-hybridized carbons (Fsp3) is 0.333. The Morgan fingerprint density at radius 3 is 3.04 bits per heavy atom. The average Bonchev–Trinajstić information content (AvgIpc) is 3.26. The number of amides is 1. The van der Waals surface area contributed by atoms with Crippen molar-refractivity contribution in [3.63, 3.8) is 0 Å². The number of aryl methyl sites for hydroxylation is 1. The van der Waals surface area contributed by atoms with Gasteiger partial charge in [0.05, 0.1) is 29.2 Å². The molecular formula is C18H18N4O3S. The number of aromatic nitrogens is 3. The zero-order valence-electron chi connectivity index (χ0n) is 14.3. The molecule has 0 aliphatic carbocycles. The van der Waals surface area contributed by atoms with Crippen molar-refractivity contribution in [1.29, 1.82) is 0 Å². The van der Waals surface area contributed by atoms with Crippen LogP contribution in [-0.2, 0) is 11.3 Å². The average molecular weight is 370 g/mol. The van der Waals surface area contributed by atoms with Gasteiger partial charge in [-0.05, 0) is 37.5 Å². The first-order chi connectivity index (χ1) is 12.6. The van der Waals surface area contributed by atoms with Gasteiger partial charge in [0.1, 0.15) is 10.6 Å². The van der Waals surface area contributed by atoms with Crippen molar-refractivity contribution in [2.24, 2.45) is 0 Å². The molecule has 1 N–H and O–H groups in total. The first kappa shape index (κ1) is 16.9. The molecule has 4 heterocycles. The minimum atomic E-state index is -0.283. The quantitative estimate of drug-likeness (QED) is 0.763. The molecule has 1 aliphatic rings. The molecule has 0 saturated carbocycles. The molecule has 4 rings (SSSR count). The highest BCUT2D eigenvalue weighted by atomic mass is 32.1. The Hall–Kier alpha value is -2.58. The predicted molar refractivity (Wildman–Crippen MR) is 99.8 cm³/mol. The van der Waals surface area contributed by atoms with E-state index >= 15 is 0 Å². The minimum absolute atomic E-state index is 0.0535. The fourth-order valence-electron chi connectivity index (χ4n) is 3.12. The zero-order chi connectivity index (χ0) is 18.1. The van der Waals surface area contributed by atoms with Crippen LogP contribution in [0.4, 0.5) is 5.82 Å². The minimum Gasteiger partial charge on any atom is -0.376 e. The molecular weight excluding hydrogens is 352 g/mol. The summed E-state index contributed by atoms with van der Waals surface area (Å²) in [5.74, 6) is 0.187. The Labute approximate surface area is 153 Å². The molecule has 1 aliphatic heterocycles. The van der Waals surface area contributed by atoms with Gasteiger partial charge in [0.25, 0.3) is 11.5 Å². The van der Waals surface area contributed by atoms with Crippen molar-refractivity contribution in [2.75, 3.05) is 11.9 Å². The number of pyridine rings is 1. The third kappa shape index (κ3) is 3.13. The molecule has 0 spiro atoms. The van der Waals surface area contributed by atoms with E-state index in [9.17, 15) is 9.59 Å². The van der Waals surface area contributed by atoms with E-state index in [-0.39, 0.29) is 17.6 Å². The molecule has 7 nitrogen and oxygen atoms in total. The Morgan fingerprint density at radius 1 is 1.42 bits per heavy atom. The highest BCUT2D eigenvalue weighted by Gasteiger charge is 2.22. The number of rotatable bonds is 4. The molecule has 0 unspecified atom stereocenters. The predicted octanol–water partition coefficient (Wildman–Crippen LogP) is 2.59. The van der Waals surface area contributed by atoms with E-state index in [4.69, 9.17) is 4.74 Å². The second-order valence-electron chi connectivity index (χ2n) is 6.24. The number of thiophene rings is 1. The summed E-state index contributed by atoms with van der Waals surface area (Å²) in [6.07, 6.45) is 5.18. The molecule has 3 aromatic heterocycles. The standard InChI is InChI=1S/C18H18N4O3S/c1-11-14-17(20-10-22(18(14)24)9-12-5-4-8-25-12)26-15(11)16(23)21-13-6-2-3-7-19-13/h2-3,6-7,10,12H,4-5,8-9H2,1H3,(H,19,21,23)/t12-/m0/s1. The third-order valence-electron chi connectivity index (χ3n) is 4.45. The van der Waals surface area contributed by atoms with Crippen LogP contribution in [0.5, 0.6) is 0 Å². The van der Waals surface area contributed by atoms with Gasteiger partial charge < -0.3 is 10.1 Å². The van der Waals surface area contributed by atoms with Gasteiger partial charge in [-0.2, -0.15) is 0 Å². The summed E-state index contributed by atoms with van der Waals surface area (Å²) >= 11 is 1.22.